The Morgan fingerprint density at radius 3 is 2.65 bits per heavy atom. The predicted molar refractivity (Wildman–Crippen MR) is 105 cm³/mol. The molecule has 1 fully saturated rings. The Bertz CT molecular complexity index is 676. The highest BCUT2D eigenvalue weighted by Crippen LogP contribution is 2.22. The molecule has 0 saturated carbocycles. The molecule has 1 unspecified atom stereocenters. The zero-order chi connectivity index (χ0) is 18.4. The van der Waals surface area contributed by atoms with Gasteiger partial charge in [-0.15, -0.1) is 11.3 Å². The van der Waals surface area contributed by atoms with Gasteiger partial charge in [0.1, 0.15) is 0 Å². The number of hydrogen-bond donors (Lipinski definition) is 1. The Balaban J connectivity index is 1.37. The lowest BCUT2D eigenvalue weighted by Gasteiger charge is -2.32. The number of benzene rings is 1. The van der Waals surface area contributed by atoms with Gasteiger partial charge in [0.2, 0.25) is 0 Å². The fraction of sp³-hybridized carbons (Fsp3) is 0.476. The molecule has 0 amide bonds. The molecular formula is C21H27NO3S. The number of carbonyl (C=O) groups is 1. The van der Waals surface area contributed by atoms with E-state index in [2.05, 4.69) is 4.90 Å². The topological polar surface area (TPSA) is 49.8 Å². The average molecular weight is 374 g/mol. The lowest BCUT2D eigenvalue weighted by molar-refractivity contribution is 0.00557. The third kappa shape index (κ3) is 5.48. The number of β-amino-alcohol motifs (C(OH)–C–C–N with tert-alkyl or cyclic N) is 1. The molecule has 0 radical (unpaired) electrons. The highest BCUT2D eigenvalue weighted by Gasteiger charge is 2.26. The van der Waals surface area contributed by atoms with Gasteiger partial charge in [-0.25, -0.2) is 0 Å². The summed E-state index contributed by atoms with van der Waals surface area (Å²) >= 11 is 1.66. The van der Waals surface area contributed by atoms with Crippen LogP contribution in [-0.2, 0) is 11.3 Å². The van der Waals surface area contributed by atoms with Crippen LogP contribution in [0.2, 0.25) is 0 Å². The number of nitrogens with zero attached hydrogens (tertiary/aromatic N) is 1. The number of ether oxygens (including phenoxy) is 1. The summed E-state index contributed by atoms with van der Waals surface area (Å²) in [7, 11) is 0. The van der Waals surface area contributed by atoms with Crippen molar-refractivity contribution in [2.75, 3.05) is 26.2 Å². The first-order chi connectivity index (χ1) is 12.6. The summed E-state index contributed by atoms with van der Waals surface area (Å²) in [5.74, 6) is 0.352. The Morgan fingerprint density at radius 2 is 2.00 bits per heavy atom. The van der Waals surface area contributed by atoms with Crippen LogP contribution < -0.4 is 0 Å². The second-order valence-corrected chi connectivity index (χ2v) is 8.09. The highest BCUT2D eigenvalue weighted by atomic mass is 32.1. The maximum absolute atomic E-state index is 12.6. The van der Waals surface area contributed by atoms with E-state index in [0.717, 1.165) is 31.5 Å². The van der Waals surface area contributed by atoms with Crippen molar-refractivity contribution in [2.45, 2.75) is 32.5 Å². The highest BCUT2D eigenvalue weighted by molar-refractivity contribution is 7.09. The molecule has 1 atom stereocenters. The molecule has 1 aromatic carbocycles. The summed E-state index contributed by atoms with van der Waals surface area (Å²) in [5, 5.41) is 12.2. The van der Waals surface area contributed by atoms with E-state index >= 15 is 0 Å². The molecule has 0 spiro atoms. The normalized spacial score (nSPS) is 17.3. The van der Waals surface area contributed by atoms with E-state index in [1.54, 1.807) is 11.3 Å². The lowest BCUT2D eigenvalue weighted by atomic mass is 9.88. The van der Waals surface area contributed by atoms with Gasteiger partial charge >= 0.3 is 0 Å². The number of aliphatic hydroxyl groups excluding tert-OH is 1. The van der Waals surface area contributed by atoms with Crippen molar-refractivity contribution in [2.24, 2.45) is 5.92 Å². The van der Waals surface area contributed by atoms with Gasteiger partial charge in [0.05, 0.1) is 19.3 Å². The van der Waals surface area contributed by atoms with Crippen molar-refractivity contribution < 1.29 is 14.6 Å². The van der Waals surface area contributed by atoms with Crippen LogP contribution >= 0.6 is 11.3 Å². The van der Waals surface area contributed by atoms with Gasteiger partial charge < -0.3 is 14.7 Å². The van der Waals surface area contributed by atoms with E-state index in [1.807, 2.05) is 48.7 Å². The second kappa shape index (κ2) is 9.42. The predicted octanol–water partition coefficient (Wildman–Crippen LogP) is 3.53. The molecule has 5 heteroatoms. The van der Waals surface area contributed by atoms with Crippen molar-refractivity contribution in [3.05, 3.63) is 57.8 Å². The molecule has 3 rings (SSSR count). The molecule has 2 heterocycles. The van der Waals surface area contributed by atoms with E-state index in [-0.39, 0.29) is 11.7 Å². The van der Waals surface area contributed by atoms with Gasteiger partial charge in [-0.2, -0.15) is 0 Å². The van der Waals surface area contributed by atoms with Gasteiger partial charge in [0.15, 0.2) is 5.78 Å². The van der Waals surface area contributed by atoms with Crippen molar-refractivity contribution >= 4 is 17.1 Å². The summed E-state index contributed by atoms with van der Waals surface area (Å²) in [6, 6.07) is 11.9. The number of likely N-dealkylation sites (tertiary alicyclic amines) is 1. The Kier molecular flexibility index (Phi) is 6.97. The van der Waals surface area contributed by atoms with E-state index in [0.29, 0.717) is 19.8 Å². The number of ketones is 1. The Labute approximate surface area is 159 Å². The zero-order valence-electron chi connectivity index (χ0n) is 15.3. The number of hydrogen-bond acceptors (Lipinski definition) is 5. The smallest absolute Gasteiger partial charge is 0.166 e. The quantitative estimate of drug-likeness (QED) is 0.719. The number of aliphatic hydroxyl groups is 1. The third-order valence-electron chi connectivity index (χ3n) is 4.90. The molecule has 1 aliphatic heterocycles. The van der Waals surface area contributed by atoms with Crippen LogP contribution in [0.1, 0.15) is 33.6 Å². The molecule has 2 aromatic rings. The maximum atomic E-state index is 12.6. The number of thiophene rings is 1. The fourth-order valence-corrected chi connectivity index (χ4v) is 4.01. The third-order valence-corrected chi connectivity index (χ3v) is 5.75. The van der Waals surface area contributed by atoms with Gasteiger partial charge in [-0.3, -0.25) is 4.79 Å². The first kappa shape index (κ1) is 19.2. The summed E-state index contributed by atoms with van der Waals surface area (Å²) in [4.78, 5) is 16.0. The molecular weight excluding hydrogens is 346 g/mol. The minimum Gasteiger partial charge on any atom is -0.389 e. The first-order valence-electron chi connectivity index (χ1n) is 9.23. The SMILES string of the molecule is Cc1ccc(C(=O)C2CCN(CC(O)COCc3cccs3)CC2)cc1. The van der Waals surface area contributed by atoms with E-state index in [4.69, 9.17) is 4.74 Å². The fourth-order valence-electron chi connectivity index (χ4n) is 3.37. The summed E-state index contributed by atoms with van der Waals surface area (Å²) < 4.78 is 5.59. The van der Waals surface area contributed by atoms with E-state index < -0.39 is 6.10 Å². The molecule has 4 nitrogen and oxygen atoms in total. The van der Waals surface area contributed by atoms with Crippen LogP contribution in [0.25, 0.3) is 0 Å². The van der Waals surface area contributed by atoms with Crippen molar-refractivity contribution in [1.29, 1.82) is 0 Å². The van der Waals surface area contributed by atoms with Gasteiger partial charge in [-0.05, 0) is 44.3 Å². The van der Waals surface area contributed by atoms with Crippen molar-refractivity contribution in [3.63, 3.8) is 0 Å². The summed E-state index contributed by atoms with van der Waals surface area (Å²) in [5.41, 5.74) is 1.99. The zero-order valence-corrected chi connectivity index (χ0v) is 16.1. The number of aryl methyl sites for hydroxylation is 1. The molecule has 0 aliphatic carbocycles. The van der Waals surface area contributed by atoms with Crippen LogP contribution in [0.5, 0.6) is 0 Å². The summed E-state index contributed by atoms with van der Waals surface area (Å²) in [6.07, 6.45) is 1.23. The Hall–Kier alpha value is -1.53. The first-order valence-corrected chi connectivity index (χ1v) is 10.1. The second-order valence-electron chi connectivity index (χ2n) is 7.05. The molecule has 1 aromatic heterocycles. The largest absolute Gasteiger partial charge is 0.389 e. The van der Waals surface area contributed by atoms with Crippen molar-refractivity contribution in [1.82, 2.24) is 4.90 Å². The average Bonchev–Trinajstić information content (AvgIpc) is 3.16. The standard InChI is InChI=1S/C21H27NO3S/c1-16-4-6-17(7-5-16)21(24)18-8-10-22(11-9-18)13-19(23)14-25-15-20-3-2-12-26-20/h2-7,12,18-19,23H,8-11,13-15H2,1H3. The van der Waals surface area contributed by atoms with Crippen molar-refractivity contribution in [3.8, 4) is 0 Å². The number of carbonyl (C=O) groups excluding carboxylic acids is 1. The monoisotopic (exact) mass is 373 g/mol. The minimum atomic E-state index is -0.487. The van der Waals surface area contributed by atoms with Gasteiger partial charge in [0, 0.05) is 22.9 Å². The molecule has 140 valence electrons. The van der Waals surface area contributed by atoms with Crippen LogP contribution in [-0.4, -0.2) is 48.1 Å². The molecule has 1 saturated heterocycles. The molecule has 1 aliphatic rings. The number of Topliss-reactive ketones (excluding diaryl/α,β-unsaturated/α-hetero) is 1. The van der Waals surface area contributed by atoms with Crippen LogP contribution in [0.3, 0.4) is 0 Å². The van der Waals surface area contributed by atoms with Gasteiger partial charge in [-0.1, -0.05) is 35.9 Å². The molecule has 26 heavy (non-hydrogen) atoms. The number of piperidine rings is 1. The van der Waals surface area contributed by atoms with E-state index in [1.165, 1.54) is 10.4 Å². The molecule has 1 N–H and O–H groups in total. The summed E-state index contributed by atoms with van der Waals surface area (Å²) in [6.45, 7) is 5.24. The number of rotatable bonds is 8. The maximum Gasteiger partial charge on any atom is 0.166 e. The van der Waals surface area contributed by atoms with Crippen LogP contribution in [0, 0.1) is 12.8 Å². The van der Waals surface area contributed by atoms with Crippen LogP contribution in [0.4, 0.5) is 0 Å². The molecule has 0 bridgehead atoms. The van der Waals surface area contributed by atoms with E-state index in [9.17, 15) is 9.90 Å². The minimum absolute atomic E-state index is 0.0983. The Morgan fingerprint density at radius 1 is 1.27 bits per heavy atom. The van der Waals surface area contributed by atoms with Gasteiger partial charge in [0.25, 0.3) is 0 Å². The lowest BCUT2D eigenvalue weighted by Crippen LogP contribution is -2.41. The van der Waals surface area contributed by atoms with Crippen LogP contribution in [0.15, 0.2) is 41.8 Å².